The zero-order valence-corrected chi connectivity index (χ0v) is 15.7. The third-order valence-electron chi connectivity index (χ3n) is 3.74. The summed E-state index contributed by atoms with van der Waals surface area (Å²) in [5.41, 5.74) is 5.08. The summed E-state index contributed by atoms with van der Waals surface area (Å²) in [6.45, 7) is 4.55. The van der Waals surface area contributed by atoms with Crippen molar-refractivity contribution in [1.82, 2.24) is 20.7 Å². The molecule has 1 rings (SSSR count). The van der Waals surface area contributed by atoms with Crippen molar-refractivity contribution in [2.45, 2.75) is 45.2 Å². The van der Waals surface area contributed by atoms with Crippen molar-refractivity contribution >= 4 is 30.1 Å². The van der Waals surface area contributed by atoms with Gasteiger partial charge in [-0.05, 0) is 31.7 Å². The van der Waals surface area contributed by atoms with Crippen molar-refractivity contribution in [3.8, 4) is 0 Å². The highest BCUT2D eigenvalue weighted by molar-refractivity contribution is 5.91. The van der Waals surface area contributed by atoms with E-state index in [-0.39, 0.29) is 42.7 Å². The van der Waals surface area contributed by atoms with Crippen LogP contribution in [-0.2, 0) is 14.4 Å². The quantitative estimate of drug-likeness (QED) is 0.503. The van der Waals surface area contributed by atoms with E-state index in [4.69, 9.17) is 5.73 Å². The fraction of sp³-hybridized carbons (Fsp3) is 0.800. The van der Waals surface area contributed by atoms with E-state index in [1.807, 2.05) is 13.8 Å². The first-order chi connectivity index (χ1) is 10.7. The number of hydrogen-bond donors (Lipinski definition) is 3. The number of rotatable bonds is 8. The summed E-state index contributed by atoms with van der Waals surface area (Å²) in [5.74, 6) is -0.877. The molecule has 0 aliphatic carbocycles. The largest absolute Gasteiger partial charge is 0.368 e. The molecule has 0 bridgehead atoms. The van der Waals surface area contributed by atoms with Crippen molar-refractivity contribution < 1.29 is 14.4 Å². The first-order valence-corrected chi connectivity index (χ1v) is 8.03. The van der Waals surface area contributed by atoms with Crippen LogP contribution in [-0.4, -0.2) is 67.0 Å². The Kier molecular flexibility index (Phi) is 9.88. The molecule has 0 radical (unpaired) electrons. The average molecular weight is 364 g/mol. The standard InChI is InChI=1S/C15H29N5O3.ClH/c1-10(2)8-12(14(22)18-9-13(16)21)20(19(3)4)15(23)11-6-5-7-17-11;/h10-12,17H,5-9H2,1-4H3,(H2,16,21)(H,18,22);1H/t11-,12-;/m0./s1. The van der Waals surface area contributed by atoms with E-state index in [9.17, 15) is 14.4 Å². The molecule has 140 valence electrons. The molecule has 1 aliphatic rings. The fourth-order valence-electron chi connectivity index (χ4n) is 2.74. The molecular weight excluding hydrogens is 334 g/mol. The molecule has 0 unspecified atom stereocenters. The molecule has 24 heavy (non-hydrogen) atoms. The van der Waals surface area contributed by atoms with Crippen molar-refractivity contribution in [2.24, 2.45) is 11.7 Å². The van der Waals surface area contributed by atoms with Crippen LogP contribution in [0.1, 0.15) is 33.1 Å². The Balaban J connectivity index is 0.00000529. The van der Waals surface area contributed by atoms with Crippen molar-refractivity contribution in [1.29, 1.82) is 0 Å². The number of nitrogens with zero attached hydrogens (tertiary/aromatic N) is 2. The lowest BCUT2D eigenvalue weighted by molar-refractivity contribution is -0.159. The van der Waals surface area contributed by atoms with Crippen LogP contribution < -0.4 is 16.4 Å². The third-order valence-corrected chi connectivity index (χ3v) is 3.74. The molecule has 2 atom stereocenters. The molecule has 1 saturated heterocycles. The Morgan fingerprint density at radius 2 is 1.92 bits per heavy atom. The Bertz CT molecular complexity index is 439. The van der Waals surface area contributed by atoms with Gasteiger partial charge in [0.1, 0.15) is 6.04 Å². The van der Waals surface area contributed by atoms with Gasteiger partial charge in [0, 0.05) is 14.1 Å². The number of carbonyl (C=O) groups is 3. The highest BCUT2D eigenvalue weighted by atomic mass is 35.5. The molecule has 1 fully saturated rings. The second-order valence-electron chi connectivity index (χ2n) is 6.51. The maximum Gasteiger partial charge on any atom is 0.254 e. The van der Waals surface area contributed by atoms with Crippen LogP contribution in [0.25, 0.3) is 0 Å². The van der Waals surface area contributed by atoms with E-state index >= 15 is 0 Å². The Morgan fingerprint density at radius 1 is 1.29 bits per heavy atom. The number of nitrogens with two attached hydrogens (primary N) is 1. The molecule has 0 aromatic carbocycles. The van der Waals surface area contributed by atoms with Gasteiger partial charge in [0.15, 0.2) is 0 Å². The minimum absolute atomic E-state index is 0. The molecule has 0 aromatic rings. The number of primary amides is 1. The zero-order chi connectivity index (χ0) is 17.6. The number of amides is 3. The minimum atomic E-state index is -0.667. The van der Waals surface area contributed by atoms with Gasteiger partial charge >= 0.3 is 0 Å². The number of hydrogen-bond acceptors (Lipinski definition) is 5. The lowest BCUT2D eigenvalue weighted by Gasteiger charge is -2.37. The Morgan fingerprint density at radius 3 is 2.33 bits per heavy atom. The van der Waals surface area contributed by atoms with Crippen LogP contribution in [0.5, 0.6) is 0 Å². The van der Waals surface area contributed by atoms with Gasteiger partial charge in [0.2, 0.25) is 11.8 Å². The predicted octanol–water partition coefficient (Wildman–Crippen LogP) is -0.518. The van der Waals surface area contributed by atoms with Crippen molar-refractivity contribution in [3.05, 3.63) is 0 Å². The molecule has 3 amide bonds. The summed E-state index contributed by atoms with van der Waals surface area (Å²) in [7, 11) is 3.48. The first kappa shape index (κ1) is 22.6. The van der Waals surface area contributed by atoms with Crippen LogP contribution >= 0.6 is 12.4 Å². The van der Waals surface area contributed by atoms with E-state index in [0.717, 1.165) is 19.4 Å². The molecule has 8 nitrogen and oxygen atoms in total. The maximum absolute atomic E-state index is 12.8. The van der Waals surface area contributed by atoms with Crippen LogP contribution in [0.4, 0.5) is 0 Å². The Hall–Kier alpha value is -1.38. The molecule has 9 heteroatoms. The fourth-order valence-corrected chi connectivity index (χ4v) is 2.74. The van der Waals surface area contributed by atoms with Crippen molar-refractivity contribution in [2.75, 3.05) is 27.2 Å². The Labute approximate surface area is 149 Å². The van der Waals surface area contributed by atoms with Gasteiger partial charge in [-0.3, -0.25) is 19.4 Å². The third kappa shape index (κ3) is 6.62. The summed E-state index contributed by atoms with van der Waals surface area (Å²) in [4.78, 5) is 36.2. The van der Waals surface area contributed by atoms with E-state index in [1.54, 1.807) is 19.1 Å². The summed E-state index contributed by atoms with van der Waals surface area (Å²) in [6, 6.07) is -0.935. The second-order valence-corrected chi connectivity index (χ2v) is 6.51. The maximum atomic E-state index is 12.8. The molecular formula is C15H30ClN5O3. The zero-order valence-electron chi connectivity index (χ0n) is 14.9. The lowest BCUT2D eigenvalue weighted by Crippen LogP contribution is -2.59. The van der Waals surface area contributed by atoms with Crippen molar-refractivity contribution in [3.63, 3.8) is 0 Å². The predicted molar refractivity (Wildman–Crippen MR) is 94.3 cm³/mol. The van der Waals surface area contributed by atoms with Gasteiger partial charge in [-0.1, -0.05) is 13.8 Å². The number of halogens is 1. The molecule has 0 spiro atoms. The first-order valence-electron chi connectivity index (χ1n) is 8.03. The molecule has 0 aromatic heterocycles. The molecule has 4 N–H and O–H groups in total. The van der Waals surface area contributed by atoms with Gasteiger partial charge in [-0.15, -0.1) is 12.4 Å². The SMILES string of the molecule is CC(C)C[C@@H](C(=O)NCC(N)=O)N(C(=O)[C@@H]1CCCN1)N(C)C.Cl. The van der Waals surface area contributed by atoms with Gasteiger partial charge in [-0.2, -0.15) is 0 Å². The van der Waals surface area contributed by atoms with Crippen LogP contribution in [0.2, 0.25) is 0 Å². The second kappa shape index (κ2) is 10.5. The number of carbonyl (C=O) groups excluding carboxylic acids is 3. The highest BCUT2D eigenvalue weighted by Gasteiger charge is 2.36. The molecule has 0 saturated carbocycles. The highest BCUT2D eigenvalue weighted by Crippen LogP contribution is 2.17. The lowest BCUT2D eigenvalue weighted by atomic mass is 10.0. The molecule has 1 heterocycles. The van der Waals surface area contributed by atoms with E-state index in [1.165, 1.54) is 5.01 Å². The number of nitrogens with one attached hydrogen (secondary N) is 2. The van der Waals surface area contributed by atoms with Gasteiger partial charge in [-0.25, -0.2) is 5.01 Å². The van der Waals surface area contributed by atoms with E-state index in [0.29, 0.717) is 6.42 Å². The summed E-state index contributed by atoms with van der Waals surface area (Å²) in [6.07, 6.45) is 2.21. The smallest absolute Gasteiger partial charge is 0.254 e. The van der Waals surface area contributed by atoms with Gasteiger partial charge < -0.3 is 16.4 Å². The van der Waals surface area contributed by atoms with Crippen LogP contribution in [0.15, 0.2) is 0 Å². The topological polar surface area (TPSA) is 108 Å². The van der Waals surface area contributed by atoms with Crippen LogP contribution in [0, 0.1) is 5.92 Å². The summed E-state index contributed by atoms with van der Waals surface area (Å²) < 4.78 is 0. The minimum Gasteiger partial charge on any atom is -0.368 e. The van der Waals surface area contributed by atoms with Gasteiger partial charge in [0.25, 0.3) is 5.91 Å². The van der Waals surface area contributed by atoms with Gasteiger partial charge in [0.05, 0.1) is 12.6 Å². The average Bonchev–Trinajstić information content (AvgIpc) is 2.97. The van der Waals surface area contributed by atoms with E-state index in [2.05, 4.69) is 10.6 Å². The molecule has 1 aliphatic heterocycles. The van der Waals surface area contributed by atoms with E-state index < -0.39 is 11.9 Å². The summed E-state index contributed by atoms with van der Waals surface area (Å²) >= 11 is 0. The normalized spacial score (nSPS) is 18.2. The van der Waals surface area contributed by atoms with Crippen LogP contribution in [0.3, 0.4) is 0 Å². The monoisotopic (exact) mass is 363 g/mol. The number of hydrazine groups is 1. The summed E-state index contributed by atoms with van der Waals surface area (Å²) in [5, 5.41) is 8.80.